The predicted octanol–water partition coefficient (Wildman–Crippen LogP) is 2.00. The monoisotopic (exact) mass is 368 g/mol. The third-order valence-electron chi connectivity index (χ3n) is 4.11. The molecule has 26 heavy (non-hydrogen) atoms. The number of nitrogens with zero attached hydrogens (tertiary/aromatic N) is 5. The zero-order valence-corrected chi connectivity index (χ0v) is 15.3. The van der Waals surface area contributed by atoms with Crippen molar-refractivity contribution in [2.45, 2.75) is 20.4 Å². The van der Waals surface area contributed by atoms with E-state index in [4.69, 9.17) is 0 Å². The first kappa shape index (κ1) is 16.4. The van der Waals surface area contributed by atoms with Crippen LogP contribution in [0.3, 0.4) is 0 Å². The lowest BCUT2D eigenvalue weighted by Crippen LogP contribution is -2.27. The number of aryl methyl sites for hydroxylation is 3. The lowest BCUT2D eigenvalue weighted by Gasteiger charge is -2.05. The summed E-state index contributed by atoms with van der Waals surface area (Å²) in [6, 6.07) is 4.10. The van der Waals surface area contributed by atoms with Crippen molar-refractivity contribution in [3.8, 4) is 0 Å². The van der Waals surface area contributed by atoms with Crippen molar-refractivity contribution in [3.63, 3.8) is 0 Å². The fraction of sp³-hybridized carbons (Fsp3) is 0.235. The second-order valence-electron chi connectivity index (χ2n) is 6.18. The van der Waals surface area contributed by atoms with E-state index < -0.39 is 0 Å². The first-order valence-electron chi connectivity index (χ1n) is 7.97. The van der Waals surface area contributed by atoms with Gasteiger partial charge < -0.3 is 5.32 Å². The summed E-state index contributed by atoms with van der Waals surface area (Å²) in [5.74, 6) is -0.328. The number of carbonyl (C=O) groups excluding carboxylic acids is 1. The molecule has 0 fully saturated rings. The Hall–Kier alpha value is -3.07. The van der Waals surface area contributed by atoms with E-state index in [2.05, 4.69) is 26.4 Å². The van der Waals surface area contributed by atoms with Gasteiger partial charge in [0.05, 0.1) is 16.4 Å². The minimum absolute atomic E-state index is 0.134. The maximum Gasteiger partial charge on any atom is 0.264 e. The number of carbonyl (C=O) groups is 1. The molecule has 0 saturated carbocycles. The van der Waals surface area contributed by atoms with Gasteiger partial charge >= 0.3 is 0 Å². The number of amides is 1. The Morgan fingerprint density at radius 2 is 2.12 bits per heavy atom. The summed E-state index contributed by atoms with van der Waals surface area (Å²) in [6.07, 6.45) is 2.81. The van der Waals surface area contributed by atoms with Gasteiger partial charge in [0.2, 0.25) is 5.91 Å². The fourth-order valence-electron chi connectivity index (χ4n) is 2.92. The van der Waals surface area contributed by atoms with Crippen molar-refractivity contribution >= 4 is 43.6 Å². The minimum atomic E-state index is -0.328. The molecule has 132 valence electrons. The summed E-state index contributed by atoms with van der Waals surface area (Å²) in [5, 5.41) is 7.68. The highest BCUT2D eigenvalue weighted by atomic mass is 32.1. The zero-order chi connectivity index (χ0) is 18.4. The van der Waals surface area contributed by atoms with Crippen molar-refractivity contribution in [1.82, 2.24) is 24.3 Å². The van der Waals surface area contributed by atoms with Crippen LogP contribution in [0.4, 0.5) is 5.13 Å². The van der Waals surface area contributed by atoms with Crippen molar-refractivity contribution in [2.24, 2.45) is 7.05 Å². The average molecular weight is 368 g/mol. The standard InChI is InChI=1S/C17H16N6O2S/c1-9-4-10(2)14-12(5-9)26-17(21-14)20-13(24)7-23-8-18-15-11(16(23)25)6-19-22(15)3/h4-6,8H,7H2,1-3H3,(H,20,21,24). The van der Waals surface area contributed by atoms with E-state index in [0.29, 0.717) is 16.2 Å². The molecule has 8 nitrogen and oxygen atoms in total. The zero-order valence-electron chi connectivity index (χ0n) is 14.5. The Kier molecular flexibility index (Phi) is 3.80. The minimum Gasteiger partial charge on any atom is -0.300 e. The van der Waals surface area contributed by atoms with Gasteiger partial charge in [-0.1, -0.05) is 17.4 Å². The van der Waals surface area contributed by atoms with E-state index >= 15 is 0 Å². The van der Waals surface area contributed by atoms with Gasteiger partial charge in [-0.3, -0.25) is 18.8 Å². The lowest BCUT2D eigenvalue weighted by atomic mass is 10.1. The average Bonchev–Trinajstić information content (AvgIpc) is 3.14. The van der Waals surface area contributed by atoms with Crippen LogP contribution in [0.5, 0.6) is 0 Å². The van der Waals surface area contributed by atoms with Crippen LogP contribution in [-0.4, -0.2) is 30.2 Å². The Morgan fingerprint density at radius 3 is 2.92 bits per heavy atom. The summed E-state index contributed by atoms with van der Waals surface area (Å²) in [7, 11) is 1.71. The Morgan fingerprint density at radius 1 is 1.31 bits per heavy atom. The summed E-state index contributed by atoms with van der Waals surface area (Å²) >= 11 is 1.42. The van der Waals surface area contributed by atoms with Crippen LogP contribution in [-0.2, 0) is 18.4 Å². The van der Waals surface area contributed by atoms with Gasteiger partial charge in [0.25, 0.3) is 5.56 Å². The molecule has 3 aromatic heterocycles. The summed E-state index contributed by atoms with van der Waals surface area (Å²) in [4.78, 5) is 33.4. The summed E-state index contributed by atoms with van der Waals surface area (Å²) < 4.78 is 3.81. The molecule has 0 aliphatic carbocycles. The Labute approximate surface area is 152 Å². The molecule has 9 heteroatoms. The van der Waals surface area contributed by atoms with Crippen LogP contribution in [0.25, 0.3) is 21.3 Å². The van der Waals surface area contributed by atoms with Gasteiger partial charge in [0.1, 0.15) is 18.3 Å². The largest absolute Gasteiger partial charge is 0.300 e. The van der Waals surface area contributed by atoms with E-state index in [1.54, 1.807) is 7.05 Å². The predicted molar refractivity (Wildman–Crippen MR) is 100 cm³/mol. The number of thiazole rings is 1. The van der Waals surface area contributed by atoms with Gasteiger partial charge in [0.15, 0.2) is 10.8 Å². The van der Waals surface area contributed by atoms with E-state index in [1.807, 2.05) is 19.9 Å². The first-order valence-corrected chi connectivity index (χ1v) is 8.79. The van der Waals surface area contributed by atoms with Crippen LogP contribution < -0.4 is 10.9 Å². The van der Waals surface area contributed by atoms with E-state index in [0.717, 1.165) is 21.3 Å². The molecular formula is C17H16N6O2S. The van der Waals surface area contributed by atoms with E-state index in [9.17, 15) is 9.59 Å². The summed E-state index contributed by atoms with van der Waals surface area (Å²) in [5.41, 5.74) is 3.29. The Bertz CT molecular complexity index is 1220. The topological polar surface area (TPSA) is 94.7 Å². The molecule has 0 bridgehead atoms. The molecule has 0 spiro atoms. The normalized spacial score (nSPS) is 11.3. The molecule has 1 aromatic carbocycles. The second-order valence-corrected chi connectivity index (χ2v) is 7.21. The molecule has 0 aliphatic rings. The number of rotatable bonds is 3. The Balaban J connectivity index is 1.59. The van der Waals surface area contributed by atoms with Crippen molar-refractivity contribution in [3.05, 3.63) is 46.1 Å². The molecule has 3 heterocycles. The van der Waals surface area contributed by atoms with Crippen LogP contribution >= 0.6 is 11.3 Å². The number of fused-ring (bicyclic) bond motifs is 2. The molecule has 0 atom stereocenters. The van der Waals surface area contributed by atoms with Gasteiger partial charge in [-0.25, -0.2) is 9.97 Å². The molecule has 4 aromatic rings. The summed E-state index contributed by atoms with van der Waals surface area (Å²) in [6.45, 7) is 3.89. The van der Waals surface area contributed by atoms with E-state index in [-0.39, 0.29) is 18.0 Å². The number of hydrogen-bond acceptors (Lipinski definition) is 6. The van der Waals surface area contributed by atoms with Gasteiger partial charge in [-0.15, -0.1) is 0 Å². The molecule has 4 rings (SSSR count). The molecule has 1 amide bonds. The fourth-order valence-corrected chi connectivity index (χ4v) is 3.97. The molecule has 1 N–H and O–H groups in total. The first-order chi connectivity index (χ1) is 12.4. The van der Waals surface area contributed by atoms with Crippen molar-refractivity contribution < 1.29 is 4.79 Å². The number of benzene rings is 1. The number of hydrogen-bond donors (Lipinski definition) is 1. The van der Waals surface area contributed by atoms with E-state index in [1.165, 1.54) is 33.1 Å². The molecule has 0 radical (unpaired) electrons. The maximum absolute atomic E-state index is 12.4. The molecule has 0 saturated heterocycles. The van der Waals surface area contributed by atoms with Gasteiger partial charge in [0, 0.05) is 7.05 Å². The van der Waals surface area contributed by atoms with Gasteiger partial charge in [-0.05, 0) is 31.0 Å². The highest BCUT2D eigenvalue weighted by Crippen LogP contribution is 2.29. The second kappa shape index (κ2) is 6.03. The van der Waals surface area contributed by atoms with Crippen LogP contribution in [0.1, 0.15) is 11.1 Å². The third-order valence-corrected chi connectivity index (χ3v) is 5.03. The van der Waals surface area contributed by atoms with Crippen LogP contribution in [0.2, 0.25) is 0 Å². The maximum atomic E-state index is 12.4. The van der Waals surface area contributed by atoms with Crippen molar-refractivity contribution in [1.29, 1.82) is 0 Å². The van der Waals surface area contributed by atoms with Gasteiger partial charge in [-0.2, -0.15) is 5.10 Å². The number of nitrogens with one attached hydrogen (secondary N) is 1. The van der Waals surface area contributed by atoms with Crippen LogP contribution in [0.15, 0.2) is 29.5 Å². The molecule has 0 aliphatic heterocycles. The SMILES string of the molecule is Cc1cc(C)c2nc(NC(=O)Cn3cnc4c(cnn4C)c3=O)sc2c1. The smallest absolute Gasteiger partial charge is 0.264 e. The quantitative estimate of drug-likeness (QED) is 0.597. The van der Waals surface area contributed by atoms with Crippen LogP contribution in [0, 0.1) is 13.8 Å². The lowest BCUT2D eigenvalue weighted by molar-refractivity contribution is -0.116. The molecule has 0 unspecified atom stereocenters. The molecular weight excluding hydrogens is 352 g/mol. The highest BCUT2D eigenvalue weighted by molar-refractivity contribution is 7.22. The number of aromatic nitrogens is 5. The highest BCUT2D eigenvalue weighted by Gasteiger charge is 2.13. The third kappa shape index (κ3) is 2.76. The van der Waals surface area contributed by atoms with Crippen molar-refractivity contribution in [2.75, 3.05) is 5.32 Å². The number of anilines is 1.